The number of carbonyl (C=O) groups excluding carboxylic acids is 1. The fourth-order valence-corrected chi connectivity index (χ4v) is 4.63. The average Bonchev–Trinajstić information content (AvgIpc) is 2.68. The van der Waals surface area contributed by atoms with Crippen molar-refractivity contribution >= 4 is 33.2 Å². The molecule has 0 radical (unpaired) electrons. The Morgan fingerprint density at radius 1 is 1.11 bits per heavy atom. The summed E-state index contributed by atoms with van der Waals surface area (Å²) in [6.45, 7) is 1.03. The third-order valence-corrected chi connectivity index (χ3v) is 6.63. The molecule has 1 fully saturated rings. The Labute approximate surface area is 171 Å². The van der Waals surface area contributed by atoms with E-state index >= 15 is 0 Å². The first-order valence-electron chi connectivity index (χ1n) is 9.11. The molecule has 0 bridgehead atoms. The van der Waals surface area contributed by atoms with Gasteiger partial charge in [0.25, 0.3) is 5.91 Å². The van der Waals surface area contributed by atoms with Crippen molar-refractivity contribution in [3.8, 4) is 0 Å². The molecule has 1 N–H and O–H groups in total. The van der Waals surface area contributed by atoms with Gasteiger partial charge in [0.2, 0.25) is 10.0 Å². The number of benzene rings is 2. The summed E-state index contributed by atoms with van der Waals surface area (Å²) in [6, 6.07) is 13.4. The number of hydrogen-bond donors (Lipinski definition) is 1. The largest absolute Gasteiger partial charge is 0.378 e. The lowest BCUT2D eigenvalue weighted by Gasteiger charge is -2.32. The molecule has 2 aromatic carbocycles. The van der Waals surface area contributed by atoms with Gasteiger partial charge in [-0.1, -0.05) is 17.7 Å². The molecule has 3 rings (SSSR count). The molecule has 0 saturated carbocycles. The maximum absolute atomic E-state index is 12.8. The van der Waals surface area contributed by atoms with Crippen LogP contribution in [0.5, 0.6) is 0 Å². The van der Waals surface area contributed by atoms with Gasteiger partial charge in [-0.15, -0.1) is 0 Å². The van der Waals surface area contributed by atoms with E-state index in [1.165, 1.54) is 12.1 Å². The van der Waals surface area contributed by atoms with Crippen LogP contribution >= 0.6 is 11.6 Å². The molecule has 150 valence electrons. The van der Waals surface area contributed by atoms with Gasteiger partial charge >= 0.3 is 0 Å². The second-order valence-corrected chi connectivity index (χ2v) is 9.24. The molecular weight excluding hydrogens is 398 g/mol. The van der Waals surface area contributed by atoms with Crippen molar-refractivity contribution in [1.29, 1.82) is 0 Å². The highest BCUT2D eigenvalue weighted by Gasteiger charge is 2.27. The second-order valence-electron chi connectivity index (χ2n) is 7.09. The topological polar surface area (TPSA) is 69.7 Å². The van der Waals surface area contributed by atoms with E-state index in [4.69, 9.17) is 11.6 Å². The van der Waals surface area contributed by atoms with Gasteiger partial charge in [-0.3, -0.25) is 4.79 Å². The molecule has 0 spiro atoms. The Balaban J connectivity index is 1.60. The molecule has 1 amide bonds. The first kappa shape index (κ1) is 20.6. The number of halogens is 1. The molecule has 28 heavy (non-hydrogen) atoms. The van der Waals surface area contributed by atoms with Crippen molar-refractivity contribution in [2.75, 3.05) is 32.1 Å². The van der Waals surface area contributed by atoms with Gasteiger partial charge in [0.1, 0.15) is 0 Å². The second kappa shape index (κ2) is 8.51. The van der Waals surface area contributed by atoms with Crippen LogP contribution in [0.4, 0.5) is 5.69 Å². The summed E-state index contributed by atoms with van der Waals surface area (Å²) in [5, 5.41) is 0.490. The van der Waals surface area contributed by atoms with Gasteiger partial charge in [-0.25, -0.2) is 13.1 Å². The van der Waals surface area contributed by atoms with E-state index in [1.807, 2.05) is 43.3 Å². The fourth-order valence-electron chi connectivity index (χ4n) is 3.20. The van der Waals surface area contributed by atoms with E-state index in [-0.39, 0.29) is 16.8 Å². The smallest absolute Gasteiger partial charge is 0.253 e. The Bertz CT molecular complexity index is 937. The van der Waals surface area contributed by atoms with Crippen LogP contribution < -0.4 is 9.62 Å². The van der Waals surface area contributed by atoms with E-state index in [9.17, 15) is 13.2 Å². The predicted molar refractivity (Wildman–Crippen MR) is 111 cm³/mol. The van der Waals surface area contributed by atoms with Crippen molar-refractivity contribution in [3.05, 3.63) is 59.1 Å². The minimum atomic E-state index is -3.60. The minimum Gasteiger partial charge on any atom is -0.378 e. The lowest BCUT2D eigenvalue weighted by atomic mass is 10.0. The number of likely N-dealkylation sites (tertiary alicyclic amines) is 1. The summed E-state index contributed by atoms with van der Waals surface area (Å²) in [6.07, 6.45) is 1.15. The number of hydrogen-bond acceptors (Lipinski definition) is 4. The SMILES string of the molecule is CN(C)c1cccc(C(=O)N2CCC(NS(=O)(=O)c3ccc(Cl)cc3)CC2)c1. The van der Waals surface area contributed by atoms with Gasteiger partial charge in [-0.2, -0.15) is 0 Å². The lowest BCUT2D eigenvalue weighted by molar-refractivity contribution is 0.0711. The van der Waals surface area contributed by atoms with Gasteiger partial charge in [0, 0.05) is 49.5 Å². The molecule has 1 aliphatic heterocycles. The summed E-state index contributed by atoms with van der Waals surface area (Å²) in [5.41, 5.74) is 1.61. The molecule has 1 heterocycles. The maximum atomic E-state index is 12.8. The monoisotopic (exact) mass is 421 g/mol. The number of piperidine rings is 1. The third kappa shape index (κ3) is 4.84. The number of nitrogens with one attached hydrogen (secondary N) is 1. The number of anilines is 1. The lowest BCUT2D eigenvalue weighted by Crippen LogP contribution is -2.46. The number of amides is 1. The highest BCUT2D eigenvalue weighted by atomic mass is 35.5. The van der Waals surface area contributed by atoms with E-state index in [1.54, 1.807) is 17.0 Å². The van der Waals surface area contributed by atoms with Gasteiger partial charge in [0.15, 0.2) is 0 Å². The molecule has 0 atom stereocenters. The first-order valence-corrected chi connectivity index (χ1v) is 11.0. The molecule has 2 aromatic rings. The van der Waals surface area contributed by atoms with Crippen LogP contribution in [0.1, 0.15) is 23.2 Å². The van der Waals surface area contributed by atoms with Crippen LogP contribution in [0.15, 0.2) is 53.4 Å². The van der Waals surface area contributed by atoms with Gasteiger partial charge in [0.05, 0.1) is 4.90 Å². The molecule has 8 heteroatoms. The van der Waals surface area contributed by atoms with E-state index < -0.39 is 10.0 Å². The van der Waals surface area contributed by atoms with Crippen molar-refractivity contribution in [2.45, 2.75) is 23.8 Å². The van der Waals surface area contributed by atoms with Crippen LogP contribution in [-0.2, 0) is 10.0 Å². The van der Waals surface area contributed by atoms with E-state index in [0.29, 0.717) is 36.5 Å². The summed E-state index contributed by atoms with van der Waals surface area (Å²) in [5.74, 6) is -0.0253. The highest BCUT2D eigenvalue weighted by Crippen LogP contribution is 2.20. The zero-order valence-electron chi connectivity index (χ0n) is 15.9. The maximum Gasteiger partial charge on any atom is 0.253 e. The van der Waals surface area contributed by atoms with E-state index in [0.717, 1.165) is 5.69 Å². The average molecular weight is 422 g/mol. The molecular formula is C20H24ClN3O3S. The van der Waals surface area contributed by atoms with Crippen molar-refractivity contribution in [1.82, 2.24) is 9.62 Å². The summed E-state index contributed by atoms with van der Waals surface area (Å²) >= 11 is 5.82. The fraction of sp³-hybridized carbons (Fsp3) is 0.350. The number of carbonyl (C=O) groups is 1. The van der Waals surface area contributed by atoms with E-state index in [2.05, 4.69) is 4.72 Å². The van der Waals surface area contributed by atoms with Crippen LogP contribution in [0.25, 0.3) is 0 Å². The van der Waals surface area contributed by atoms with Gasteiger partial charge in [-0.05, 0) is 55.3 Å². The zero-order valence-corrected chi connectivity index (χ0v) is 17.5. The molecule has 0 aliphatic carbocycles. The van der Waals surface area contributed by atoms with Crippen molar-refractivity contribution < 1.29 is 13.2 Å². The minimum absolute atomic E-state index is 0.0253. The van der Waals surface area contributed by atoms with Crippen molar-refractivity contribution in [3.63, 3.8) is 0 Å². The number of nitrogens with zero attached hydrogens (tertiary/aromatic N) is 2. The normalized spacial score (nSPS) is 15.5. The summed E-state index contributed by atoms with van der Waals surface area (Å²) < 4.78 is 27.8. The van der Waals surface area contributed by atoms with Crippen LogP contribution in [0.3, 0.4) is 0 Å². The Morgan fingerprint density at radius 3 is 2.36 bits per heavy atom. The Hall–Kier alpha value is -2.09. The summed E-state index contributed by atoms with van der Waals surface area (Å²) in [7, 11) is 0.266. The third-order valence-electron chi connectivity index (χ3n) is 4.84. The zero-order chi connectivity index (χ0) is 20.3. The van der Waals surface area contributed by atoms with Crippen LogP contribution in [-0.4, -0.2) is 52.5 Å². The molecule has 1 saturated heterocycles. The standard InChI is InChI=1S/C20H24ClN3O3S/c1-23(2)18-5-3-4-15(14-18)20(25)24-12-10-17(11-13-24)22-28(26,27)19-8-6-16(21)7-9-19/h3-9,14,17,22H,10-13H2,1-2H3. The molecule has 6 nitrogen and oxygen atoms in total. The molecule has 0 aromatic heterocycles. The highest BCUT2D eigenvalue weighted by molar-refractivity contribution is 7.89. The summed E-state index contributed by atoms with van der Waals surface area (Å²) in [4.78, 5) is 16.7. The number of sulfonamides is 1. The first-order chi connectivity index (χ1) is 13.3. The van der Waals surface area contributed by atoms with Gasteiger partial charge < -0.3 is 9.80 Å². The number of rotatable bonds is 5. The van der Waals surface area contributed by atoms with Crippen LogP contribution in [0, 0.1) is 0 Å². The van der Waals surface area contributed by atoms with Crippen molar-refractivity contribution in [2.24, 2.45) is 0 Å². The van der Waals surface area contributed by atoms with Crippen LogP contribution in [0.2, 0.25) is 5.02 Å². The predicted octanol–water partition coefficient (Wildman–Crippen LogP) is 2.99. The Kier molecular flexibility index (Phi) is 6.27. The quantitative estimate of drug-likeness (QED) is 0.805. The molecule has 0 unspecified atom stereocenters. The molecule has 1 aliphatic rings. The Morgan fingerprint density at radius 2 is 1.75 bits per heavy atom.